The number of nitrogens with zero attached hydrogens (tertiary/aromatic N) is 2. The summed E-state index contributed by atoms with van der Waals surface area (Å²) in [6, 6.07) is 7.77. The first-order valence-electron chi connectivity index (χ1n) is 8.61. The maximum Gasteiger partial charge on any atom is 0.0547 e. The van der Waals surface area contributed by atoms with Gasteiger partial charge in [-0.15, -0.1) is 0 Å². The Morgan fingerprint density at radius 3 is 2.67 bits per heavy atom. The summed E-state index contributed by atoms with van der Waals surface area (Å²) in [6.45, 7) is 9.89. The standard InChI is InChI=1S/C18H31N3/c1-4-5-6-12-21(15(2)3)14-18-9-7-8-17(20-18)13-19-16-10-11-16/h7-9,15-16,19H,4-6,10-14H2,1-3H3. The lowest BCUT2D eigenvalue weighted by atomic mass is 10.2. The van der Waals surface area contributed by atoms with E-state index in [0.717, 1.165) is 19.1 Å². The van der Waals surface area contributed by atoms with Crippen molar-refractivity contribution in [1.29, 1.82) is 0 Å². The van der Waals surface area contributed by atoms with Crippen LogP contribution in [0.3, 0.4) is 0 Å². The summed E-state index contributed by atoms with van der Waals surface area (Å²) in [5, 5.41) is 3.54. The minimum Gasteiger partial charge on any atom is -0.308 e. The third-order valence-corrected chi connectivity index (χ3v) is 4.16. The molecule has 1 aliphatic rings. The van der Waals surface area contributed by atoms with Gasteiger partial charge in [0.2, 0.25) is 0 Å². The Morgan fingerprint density at radius 2 is 2.00 bits per heavy atom. The minimum absolute atomic E-state index is 0.580. The monoisotopic (exact) mass is 289 g/mol. The number of aromatic nitrogens is 1. The topological polar surface area (TPSA) is 28.2 Å². The molecule has 0 aliphatic heterocycles. The van der Waals surface area contributed by atoms with Crippen LogP contribution in [0.4, 0.5) is 0 Å². The SMILES string of the molecule is CCCCCN(Cc1cccc(CNC2CC2)n1)C(C)C. The summed E-state index contributed by atoms with van der Waals surface area (Å²) in [7, 11) is 0. The molecule has 0 radical (unpaired) electrons. The fourth-order valence-corrected chi connectivity index (χ4v) is 2.54. The maximum atomic E-state index is 4.82. The predicted octanol–water partition coefficient (Wildman–Crippen LogP) is 3.73. The highest BCUT2D eigenvalue weighted by Gasteiger charge is 2.20. The van der Waals surface area contributed by atoms with Crippen molar-refractivity contribution in [3.63, 3.8) is 0 Å². The summed E-state index contributed by atoms with van der Waals surface area (Å²) in [6.07, 6.45) is 6.56. The lowest BCUT2D eigenvalue weighted by Crippen LogP contribution is -2.31. The van der Waals surface area contributed by atoms with Crippen LogP contribution >= 0.6 is 0 Å². The second-order valence-electron chi connectivity index (χ2n) is 6.55. The van der Waals surface area contributed by atoms with Gasteiger partial charge in [0, 0.05) is 25.2 Å². The molecule has 0 unspecified atom stereocenters. The highest BCUT2D eigenvalue weighted by Crippen LogP contribution is 2.19. The molecule has 0 saturated heterocycles. The lowest BCUT2D eigenvalue weighted by molar-refractivity contribution is 0.206. The Hall–Kier alpha value is -0.930. The van der Waals surface area contributed by atoms with Crippen molar-refractivity contribution in [2.45, 2.75) is 78.0 Å². The van der Waals surface area contributed by atoms with Crippen molar-refractivity contribution >= 4 is 0 Å². The van der Waals surface area contributed by atoms with E-state index in [-0.39, 0.29) is 0 Å². The second-order valence-corrected chi connectivity index (χ2v) is 6.55. The van der Waals surface area contributed by atoms with Gasteiger partial charge in [0.25, 0.3) is 0 Å². The zero-order valence-electron chi connectivity index (χ0n) is 13.9. The van der Waals surface area contributed by atoms with Crippen molar-refractivity contribution in [2.75, 3.05) is 6.54 Å². The van der Waals surface area contributed by atoms with E-state index in [1.165, 1.54) is 50.0 Å². The molecule has 0 aromatic carbocycles. The second kappa shape index (κ2) is 8.50. The van der Waals surface area contributed by atoms with Crippen LogP contribution in [0.5, 0.6) is 0 Å². The fourth-order valence-electron chi connectivity index (χ4n) is 2.54. The molecule has 3 nitrogen and oxygen atoms in total. The van der Waals surface area contributed by atoms with Crippen LogP contribution in [-0.4, -0.2) is 28.5 Å². The van der Waals surface area contributed by atoms with E-state index in [1.807, 2.05) is 0 Å². The molecule has 3 heteroatoms. The largest absolute Gasteiger partial charge is 0.308 e. The molecule has 0 amide bonds. The number of rotatable bonds is 10. The first kappa shape index (κ1) is 16.4. The van der Waals surface area contributed by atoms with Crippen molar-refractivity contribution in [1.82, 2.24) is 15.2 Å². The molecule has 118 valence electrons. The highest BCUT2D eigenvalue weighted by molar-refractivity contribution is 5.11. The van der Waals surface area contributed by atoms with Gasteiger partial charge in [-0.3, -0.25) is 9.88 Å². The first-order chi connectivity index (χ1) is 10.2. The lowest BCUT2D eigenvalue weighted by Gasteiger charge is -2.26. The quantitative estimate of drug-likeness (QED) is 0.665. The van der Waals surface area contributed by atoms with E-state index >= 15 is 0 Å². The zero-order valence-corrected chi connectivity index (χ0v) is 13.9. The van der Waals surface area contributed by atoms with Gasteiger partial charge in [0.15, 0.2) is 0 Å². The van der Waals surface area contributed by atoms with Crippen LogP contribution in [-0.2, 0) is 13.1 Å². The van der Waals surface area contributed by atoms with Gasteiger partial charge < -0.3 is 5.32 Å². The average Bonchev–Trinajstić information content (AvgIpc) is 3.29. The Kier molecular flexibility index (Phi) is 6.65. The van der Waals surface area contributed by atoms with E-state index in [1.54, 1.807) is 0 Å². The molecule has 1 saturated carbocycles. The van der Waals surface area contributed by atoms with Gasteiger partial charge in [0.1, 0.15) is 0 Å². The Balaban J connectivity index is 1.87. The van der Waals surface area contributed by atoms with E-state index < -0.39 is 0 Å². The van der Waals surface area contributed by atoms with Crippen molar-refractivity contribution in [3.05, 3.63) is 29.6 Å². The van der Waals surface area contributed by atoms with Crippen LogP contribution in [0.1, 0.15) is 64.3 Å². The molecular formula is C18H31N3. The fraction of sp³-hybridized carbons (Fsp3) is 0.722. The molecule has 21 heavy (non-hydrogen) atoms. The average molecular weight is 289 g/mol. The van der Waals surface area contributed by atoms with Crippen LogP contribution in [0.2, 0.25) is 0 Å². The van der Waals surface area contributed by atoms with E-state index in [4.69, 9.17) is 4.98 Å². The van der Waals surface area contributed by atoms with E-state index in [9.17, 15) is 0 Å². The molecule has 1 N–H and O–H groups in total. The molecule has 1 fully saturated rings. The molecule has 2 rings (SSSR count). The third kappa shape index (κ3) is 6.15. The van der Waals surface area contributed by atoms with E-state index in [0.29, 0.717) is 6.04 Å². The van der Waals surface area contributed by atoms with Gasteiger partial charge in [-0.05, 0) is 51.8 Å². The highest BCUT2D eigenvalue weighted by atomic mass is 15.1. The number of hydrogen-bond donors (Lipinski definition) is 1. The Labute approximate surface area is 130 Å². The third-order valence-electron chi connectivity index (χ3n) is 4.16. The molecule has 1 heterocycles. The summed E-state index contributed by atoms with van der Waals surface area (Å²) in [5.41, 5.74) is 2.38. The molecular weight excluding hydrogens is 258 g/mol. The normalized spacial score (nSPS) is 15.1. The summed E-state index contributed by atoms with van der Waals surface area (Å²) in [5.74, 6) is 0. The number of pyridine rings is 1. The minimum atomic E-state index is 0.580. The van der Waals surface area contributed by atoms with Crippen molar-refractivity contribution < 1.29 is 0 Å². The number of unbranched alkanes of at least 4 members (excludes halogenated alkanes) is 2. The van der Waals surface area contributed by atoms with Gasteiger partial charge in [-0.25, -0.2) is 0 Å². The number of hydrogen-bond acceptors (Lipinski definition) is 3. The van der Waals surface area contributed by atoms with Crippen LogP contribution in [0.15, 0.2) is 18.2 Å². The molecule has 0 bridgehead atoms. The van der Waals surface area contributed by atoms with Gasteiger partial charge in [-0.1, -0.05) is 25.8 Å². The van der Waals surface area contributed by atoms with Gasteiger partial charge in [0.05, 0.1) is 11.4 Å². The molecule has 1 aliphatic carbocycles. The summed E-state index contributed by atoms with van der Waals surface area (Å²) >= 11 is 0. The first-order valence-corrected chi connectivity index (χ1v) is 8.61. The van der Waals surface area contributed by atoms with Gasteiger partial charge >= 0.3 is 0 Å². The zero-order chi connectivity index (χ0) is 15.1. The van der Waals surface area contributed by atoms with Crippen molar-refractivity contribution in [2.24, 2.45) is 0 Å². The van der Waals surface area contributed by atoms with Gasteiger partial charge in [-0.2, -0.15) is 0 Å². The maximum absolute atomic E-state index is 4.82. The Morgan fingerprint density at radius 1 is 1.24 bits per heavy atom. The Bertz CT molecular complexity index is 413. The predicted molar refractivity (Wildman–Crippen MR) is 89.2 cm³/mol. The summed E-state index contributed by atoms with van der Waals surface area (Å²) < 4.78 is 0. The van der Waals surface area contributed by atoms with Crippen molar-refractivity contribution in [3.8, 4) is 0 Å². The molecule has 0 atom stereocenters. The van der Waals surface area contributed by atoms with Crippen LogP contribution in [0, 0.1) is 0 Å². The van der Waals surface area contributed by atoms with Crippen LogP contribution in [0.25, 0.3) is 0 Å². The number of nitrogens with one attached hydrogen (secondary N) is 1. The van der Waals surface area contributed by atoms with E-state index in [2.05, 4.69) is 49.2 Å². The molecule has 0 spiro atoms. The molecule has 1 aromatic heterocycles. The summed E-state index contributed by atoms with van der Waals surface area (Å²) in [4.78, 5) is 7.36. The van der Waals surface area contributed by atoms with Crippen LogP contribution < -0.4 is 5.32 Å². The smallest absolute Gasteiger partial charge is 0.0547 e. The molecule has 1 aromatic rings.